The van der Waals surface area contributed by atoms with Crippen LogP contribution in [0.1, 0.15) is 18.9 Å². The van der Waals surface area contributed by atoms with Gasteiger partial charge in [0.05, 0.1) is 5.92 Å². The molecule has 0 saturated carbocycles. The van der Waals surface area contributed by atoms with E-state index < -0.39 is 5.92 Å². The number of ketones is 1. The predicted molar refractivity (Wildman–Crippen MR) is 66.6 cm³/mol. The van der Waals surface area contributed by atoms with Gasteiger partial charge in [-0.2, -0.15) is 0 Å². The molecule has 0 amide bonds. The molecule has 92 valence electrons. The zero-order valence-electron chi connectivity index (χ0n) is 10.1. The molecule has 0 spiro atoms. The fourth-order valence-electron chi connectivity index (χ4n) is 2.82. The van der Waals surface area contributed by atoms with Crippen LogP contribution >= 0.6 is 0 Å². The summed E-state index contributed by atoms with van der Waals surface area (Å²) in [6.07, 6.45) is 2.27. The summed E-state index contributed by atoms with van der Waals surface area (Å²) in [6, 6.07) is 9.88. The maximum Gasteiger partial charge on any atom is 0.314 e. The molecule has 2 bridgehead atoms. The fraction of sp³-hybridized carbons (Fsp3) is 0.333. The number of carbonyl (C=O) groups excluding carboxylic acids is 2. The van der Waals surface area contributed by atoms with Crippen LogP contribution in [0, 0.1) is 11.8 Å². The Balaban J connectivity index is 2.01. The van der Waals surface area contributed by atoms with Crippen LogP contribution in [0.15, 0.2) is 36.4 Å². The molecule has 0 unspecified atom stereocenters. The smallest absolute Gasteiger partial charge is 0.314 e. The summed E-state index contributed by atoms with van der Waals surface area (Å²) in [5, 5.41) is 0. The van der Waals surface area contributed by atoms with Gasteiger partial charge in [0.15, 0.2) is 0 Å². The Kier molecular flexibility index (Phi) is 2.54. The van der Waals surface area contributed by atoms with E-state index in [9.17, 15) is 9.59 Å². The van der Waals surface area contributed by atoms with Crippen molar-refractivity contribution >= 4 is 17.3 Å². The molecule has 3 atom stereocenters. The number of hydrogen-bond acceptors (Lipinski definition) is 3. The van der Waals surface area contributed by atoms with Gasteiger partial charge in [0, 0.05) is 5.92 Å². The number of rotatable bonds is 2. The van der Waals surface area contributed by atoms with Crippen LogP contribution in [-0.2, 0) is 14.3 Å². The third-order valence-electron chi connectivity index (χ3n) is 3.77. The van der Waals surface area contributed by atoms with Crippen molar-refractivity contribution in [3.05, 3.63) is 42.0 Å². The first-order valence-electron chi connectivity index (χ1n) is 6.15. The van der Waals surface area contributed by atoms with Crippen molar-refractivity contribution in [3.8, 4) is 0 Å². The molecule has 0 N–H and O–H groups in total. The number of ether oxygens (including phenoxy) is 1. The molecule has 1 aliphatic carbocycles. The molecule has 2 heterocycles. The average molecular weight is 242 g/mol. The molecule has 1 fully saturated rings. The quantitative estimate of drug-likeness (QED) is 0.747. The highest BCUT2D eigenvalue weighted by molar-refractivity contribution is 5.93. The van der Waals surface area contributed by atoms with E-state index >= 15 is 0 Å². The summed E-state index contributed by atoms with van der Waals surface area (Å²) < 4.78 is 5.37. The first kappa shape index (κ1) is 11.2. The predicted octanol–water partition coefficient (Wildman–Crippen LogP) is 2.22. The molecule has 3 nitrogen and oxygen atoms in total. The van der Waals surface area contributed by atoms with Crippen molar-refractivity contribution in [2.75, 3.05) is 0 Å². The van der Waals surface area contributed by atoms with Gasteiger partial charge >= 0.3 is 5.97 Å². The topological polar surface area (TPSA) is 43.4 Å². The second-order valence-corrected chi connectivity index (χ2v) is 4.89. The summed E-state index contributed by atoms with van der Waals surface area (Å²) in [4.78, 5) is 23.3. The molecule has 1 aromatic rings. The van der Waals surface area contributed by atoms with Crippen LogP contribution in [0.3, 0.4) is 0 Å². The van der Waals surface area contributed by atoms with Crippen molar-refractivity contribution < 1.29 is 14.3 Å². The lowest BCUT2D eigenvalue weighted by Crippen LogP contribution is -2.44. The molecule has 1 aromatic carbocycles. The van der Waals surface area contributed by atoms with E-state index in [0.717, 1.165) is 11.1 Å². The Labute approximate surface area is 105 Å². The van der Waals surface area contributed by atoms with Crippen molar-refractivity contribution in [3.63, 3.8) is 0 Å². The highest BCUT2D eigenvalue weighted by Crippen LogP contribution is 2.41. The van der Waals surface area contributed by atoms with Gasteiger partial charge in [-0.3, -0.25) is 9.59 Å². The number of carbonyl (C=O) groups is 2. The Morgan fingerprint density at radius 1 is 1.28 bits per heavy atom. The molecule has 2 aliphatic heterocycles. The summed E-state index contributed by atoms with van der Waals surface area (Å²) >= 11 is 0. The number of esters is 1. The highest BCUT2D eigenvalue weighted by Gasteiger charge is 2.45. The Bertz CT molecular complexity index is 530. The zero-order chi connectivity index (χ0) is 12.7. The lowest BCUT2D eigenvalue weighted by molar-refractivity contribution is -0.162. The monoisotopic (exact) mass is 242 g/mol. The van der Waals surface area contributed by atoms with E-state index in [1.165, 1.54) is 0 Å². The highest BCUT2D eigenvalue weighted by atomic mass is 16.5. The van der Waals surface area contributed by atoms with E-state index in [-0.39, 0.29) is 23.8 Å². The standard InChI is InChI=1S/C15H14O3/c1-9(16)11-8-14-12(7-13(11)15(17)18-14)10-5-3-2-4-6-10/h2-7,11,13-14H,8H2,1H3/t11-,13+,14+/m1/s1. The number of benzene rings is 1. The third kappa shape index (κ3) is 1.67. The molecule has 0 aromatic heterocycles. The minimum absolute atomic E-state index is 0.0741. The second-order valence-electron chi connectivity index (χ2n) is 4.89. The van der Waals surface area contributed by atoms with Crippen molar-refractivity contribution in [1.29, 1.82) is 0 Å². The average Bonchev–Trinajstić information content (AvgIpc) is 2.39. The van der Waals surface area contributed by atoms with Gasteiger partial charge in [0.25, 0.3) is 0 Å². The third-order valence-corrected chi connectivity index (χ3v) is 3.77. The maximum atomic E-state index is 11.7. The zero-order valence-corrected chi connectivity index (χ0v) is 10.1. The molecule has 1 saturated heterocycles. The molecule has 3 aliphatic rings. The van der Waals surface area contributed by atoms with Crippen molar-refractivity contribution in [2.45, 2.75) is 19.4 Å². The van der Waals surface area contributed by atoms with Gasteiger partial charge in [-0.15, -0.1) is 0 Å². The van der Waals surface area contributed by atoms with Crippen molar-refractivity contribution in [2.24, 2.45) is 11.8 Å². The molecule has 0 radical (unpaired) electrons. The minimum atomic E-state index is -0.400. The minimum Gasteiger partial charge on any atom is -0.457 e. The molecule has 3 heteroatoms. The van der Waals surface area contributed by atoms with E-state index in [4.69, 9.17) is 4.74 Å². The van der Waals surface area contributed by atoms with Crippen LogP contribution in [0.4, 0.5) is 0 Å². The molecular weight excluding hydrogens is 228 g/mol. The molecular formula is C15H14O3. The molecule has 18 heavy (non-hydrogen) atoms. The van der Waals surface area contributed by atoms with Gasteiger partial charge < -0.3 is 4.74 Å². The van der Waals surface area contributed by atoms with Crippen LogP contribution in [0.2, 0.25) is 0 Å². The Morgan fingerprint density at radius 3 is 2.61 bits per heavy atom. The lowest BCUT2D eigenvalue weighted by Gasteiger charge is -2.39. The second kappa shape index (κ2) is 4.09. The van der Waals surface area contributed by atoms with E-state index in [0.29, 0.717) is 6.42 Å². The Morgan fingerprint density at radius 2 is 2.00 bits per heavy atom. The van der Waals surface area contributed by atoms with Crippen LogP contribution in [0.25, 0.3) is 5.57 Å². The lowest BCUT2D eigenvalue weighted by atomic mass is 9.73. The fourth-order valence-corrected chi connectivity index (χ4v) is 2.82. The molecule has 4 rings (SSSR count). The Hall–Kier alpha value is -1.90. The van der Waals surface area contributed by atoms with Crippen LogP contribution < -0.4 is 0 Å². The van der Waals surface area contributed by atoms with Crippen LogP contribution in [0.5, 0.6) is 0 Å². The summed E-state index contributed by atoms with van der Waals surface area (Å²) in [6.45, 7) is 1.55. The largest absolute Gasteiger partial charge is 0.457 e. The van der Waals surface area contributed by atoms with E-state index in [1.807, 2.05) is 36.4 Å². The summed E-state index contributed by atoms with van der Waals surface area (Å²) in [5.41, 5.74) is 2.11. The van der Waals surface area contributed by atoms with E-state index in [2.05, 4.69) is 0 Å². The van der Waals surface area contributed by atoms with E-state index in [1.54, 1.807) is 6.92 Å². The first-order valence-corrected chi connectivity index (χ1v) is 6.15. The van der Waals surface area contributed by atoms with Gasteiger partial charge in [0.1, 0.15) is 11.9 Å². The maximum absolute atomic E-state index is 11.7. The van der Waals surface area contributed by atoms with Gasteiger partial charge in [-0.1, -0.05) is 36.4 Å². The van der Waals surface area contributed by atoms with Gasteiger partial charge in [0.2, 0.25) is 0 Å². The normalized spacial score (nSPS) is 29.7. The first-order chi connectivity index (χ1) is 8.66. The SMILES string of the molecule is CC(=O)[C@H]1C[C@@H]2OC(=O)[C@H]1C=C2c1ccccc1. The number of fused-ring (bicyclic) bond motifs is 2. The van der Waals surface area contributed by atoms with Gasteiger partial charge in [-0.05, 0) is 24.5 Å². The number of hydrogen-bond donors (Lipinski definition) is 0. The summed E-state index contributed by atoms with van der Waals surface area (Å²) in [7, 11) is 0. The van der Waals surface area contributed by atoms with Gasteiger partial charge in [-0.25, -0.2) is 0 Å². The van der Waals surface area contributed by atoms with Crippen LogP contribution in [-0.4, -0.2) is 17.9 Å². The van der Waals surface area contributed by atoms with Crippen molar-refractivity contribution in [1.82, 2.24) is 0 Å². The summed E-state index contributed by atoms with van der Waals surface area (Å²) in [5.74, 6) is -0.789. The number of Topliss-reactive ketones (excluding diaryl/α,β-unsaturated/α-hetero) is 1.